The minimum absolute atomic E-state index is 0.636. The van der Waals surface area contributed by atoms with Gasteiger partial charge in [0, 0.05) is 0 Å². The molecule has 2 rings (SSSR count). The van der Waals surface area contributed by atoms with Gasteiger partial charge in [-0.3, -0.25) is 0 Å². The second-order valence-electron chi connectivity index (χ2n) is 4.80. The Bertz CT molecular complexity index is 364. The van der Waals surface area contributed by atoms with Crippen molar-refractivity contribution in [1.29, 1.82) is 0 Å². The number of hydrogen-bond donors (Lipinski definition) is 0. The molecule has 0 spiro atoms. The summed E-state index contributed by atoms with van der Waals surface area (Å²) in [7, 11) is 1.71. The average Bonchev–Trinajstić information content (AvgIpc) is 2.30. The van der Waals surface area contributed by atoms with Crippen LogP contribution in [0, 0.1) is 11.8 Å². The van der Waals surface area contributed by atoms with Gasteiger partial charge in [-0.1, -0.05) is 38.1 Å². The number of methoxy groups -OCH3 is 1. The van der Waals surface area contributed by atoms with E-state index in [-0.39, 0.29) is 0 Å². The van der Waals surface area contributed by atoms with Gasteiger partial charge < -0.3 is 4.74 Å². The van der Waals surface area contributed by atoms with Gasteiger partial charge in [-0.05, 0) is 41.9 Å². The lowest BCUT2D eigenvalue weighted by molar-refractivity contribution is 0.372. The summed E-state index contributed by atoms with van der Waals surface area (Å²) in [6.45, 7) is 4.65. The highest BCUT2D eigenvalue weighted by molar-refractivity contribution is 5.31. The summed E-state index contributed by atoms with van der Waals surface area (Å²) >= 11 is 0. The van der Waals surface area contributed by atoms with Crippen LogP contribution >= 0.6 is 0 Å². The molecule has 86 valence electrons. The van der Waals surface area contributed by atoms with Crippen molar-refractivity contribution in [2.24, 2.45) is 11.8 Å². The van der Waals surface area contributed by atoms with Gasteiger partial charge in [0.25, 0.3) is 0 Å². The number of hydrogen-bond acceptors (Lipinski definition) is 1. The maximum absolute atomic E-state index is 5.20. The molecule has 1 aliphatic carbocycles. The van der Waals surface area contributed by atoms with Gasteiger partial charge in [0.05, 0.1) is 7.11 Å². The Balaban J connectivity index is 2.24. The quantitative estimate of drug-likeness (QED) is 0.679. The van der Waals surface area contributed by atoms with Crippen LogP contribution in [0.3, 0.4) is 0 Å². The molecular weight excluding hydrogens is 196 g/mol. The van der Waals surface area contributed by atoms with E-state index in [1.807, 2.05) is 0 Å². The van der Waals surface area contributed by atoms with Gasteiger partial charge in [-0.25, -0.2) is 0 Å². The molecule has 1 heteroatoms. The monoisotopic (exact) mass is 216 g/mol. The Kier molecular flexibility index (Phi) is 3.33. The van der Waals surface area contributed by atoms with E-state index in [1.165, 1.54) is 12.0 Å². The van der Waals surface area contributed by atoms with E-state index >= 15 is 0 Å². The minimum Gasteiger partial charge on any atom is -0.497 e. The molecule has 0 bridgehead atoms. The molecule has 0 fully saturated rings. The Hall–Kier alpha value is -1.24. The zero-order valence-corrected chi connectivity index (χ0v) is 10.3. The summed E-state index contributed by atoms with van der Waals surface area (Å²) in [6.07, 6.45) is 5.85. The normalized spacial score (nSPS) is 29.1. The van der Waals surface area contributed by atoms with E-state index in [2.05, 4.69) is 50.3 Å². The van der Waals surface area contributed by atoms with Crippen LogP contribution in [0.1, 0.15) is 31.7 Å². The third-order valence-electron chi connectivity index (χ3n) is 3.63. The van der Waals surface area contributed by atoms with Crippen LogP contribution in [0.4, 0.5) is 0 Å². The van der Waals surface area contributed by atoms with Gasteiger partial charge >= 0.3 is 0 Å². The van der Waals surface area contributed by atoms with Gasteiger partial charge in [-0.2, -0.15) is 0 Å². The van der Waals surface area contributed by atoms with Gasteiger partial charge in [0.15, 0.2) is 0 Å². The highest BCUT2D eigenvalue weighted by Gasteiger charge is 2.25. The fourth-order valence-corrected chi connectivity index (χ4v) is 2.75. The fraction of sp³-hybridized carbons (Fsp3) is 0.467. The third-order valence-corrected chi connectivity index (χ3v) is 3.63. The first-order valence-electron chi connectivity index (χ1n) is 6.03. The maximum atomic E-state index is 5.20. The molecule has 0 aliphatic heterocycles. The van der Waals surface area contributed by atoms with Gasteiger partial charge in [0.2, 0.25) is 0 Å². The van der Waals surface area contributed by atoms with Crippen LogP contribution in [0.25, 0.3) is 0 Å². The van der Waals surface area contributed by atoms with Crippen LogP contribution < -0.4 is 4.74 Å². The van der Waals surface area contributed by atoms with Crippen molar-refractivity contribution in [2.45, 2.75) is 26.2 Å². The molecule has 0 aromatic heterocycles. The van der Waals surface area contributed by atoms with Gasteiger partial charge in [0.1, 0.15) is 5.75 Å². The SMILES string of the molecule is COc1ccc([C@H]2[C@H](C)C=CC[C@@H]2C)cc1. The lowest BCUT2D eigenvalue weighted by atomic mass is 9.74. The smallest absolute Gasteiger partial charge is 0.118 e. The topological polar surface area (TPSA) is 9.23 Å². The average molecular weight is 216 g/mol. The van der Waals surface area contributed by atoms with Crippen molar-refractivity contribution in [1.82, 2.24) is 0 Å². The summed E-state index contributed by atoms with van der Waals surface area (Å²) in [4.78, 5) is 0. The van der Waals surface area contributed by atoms with Crippen molar-refractivity contribution in [3.05, 3.63) is 42.0 Å². The second-order valence-corrected chi connectivity index (χ2v) is 4.80. The molecule has 0 heterocycles. The van der Waals surface area contributed by atoms with Crippen molar-refractivity contribution < 1.29 is 4.74 Å². The third kappa shape index (κ3) is 2.13. The second kappa shape index (κ2) is 4.73. The molecule has 16 heavy (non-hydrogen) atoms. The lowest BCUT2D eigenvalue weighted by Crippen LogP contribution is -2.19. The number of ether oxygens (including phenoxy) is 1. The first-order valence-corrected chi connectivity index (χ1v) is 6.03. The zero-order valence-electron chi connectivity index (χ0n) is 10.3. The molecule has 3 atom stereocenters. The van der Waals surface area contributed by atoms with Crippen LogP contribution in [-0.4, -0.2) is 7.11 Å². The van der Waals surface area contributed by atoms with Crippen molar-refractivity contribution >= 4 is 0 Å². The van der Waals surface area contributed by atoms with E-state index < -0.39 is 0 Å². The van der Waals surface area contributed by atoms with E-state index in [0.29, 0.717) is 11.8 Å². The molecule has 1 aromatic rings. The molecule has 0 saturated carbocycles. The molecule has 1 aliphatic rings. The molecule has 0 N–H and O–H groups in total. The standard InChI is InChI=1S/C15H20O/c1-11-5-4-6-12(2)15(11)13-7-9-14(16-3)10-8-13/h4-5,7-12,15H,6H2,1-3H3/t11-,12+,15+/m1/s1. The van der Waals surface area contributed by atoms with Crippen LogP contribution in [0.5, 0.6) is 5.75 Å². The van der Waals surface area contributed by atoms with Crippen molar-refractivity contribution in [3.8, 4) is 5.75 Å². The van der Waals surface area contributed by atoms with Crippen LogP contribution in [-0.2, 0) is 0 Å². The highest BCUT2D eigenvalue weighted by Crippen LogP contribution is 2.38. The van der Waals surface area contributed by atoms with Crippen LogP contribution in [0.2, 0.25) is 0 Å². The maximum Gasteiger partial charge on any atom is 0.118 e. The Labute approximate surface area is 98.1 Å². The Morgan fingerprint density at radius 1 is 1.12 bits per heavy atom. The fourth-order valence-electron chi connectivity index (χ4n) is 2.75. The Morgan fingerprint density at radius 3 is 2.38 bits per heavy atom. The number of allylic oxidation sites excluding steroid dienone is 2. The molecule has 1 aromatic carbocycles. The molecule has 0 radical (unpaired) electrons. The lowest BCUT2D eigenvalue weighted by Gasteiger charge is -2.31. The number of benzene rings is 1. The van der Waals surface area contributed by atoms with Gasteiger partial charge in [-0.15, -0.1) is 0 Å². The first-order chi connectivity index (χ1) is 7.72. The van der Waals surface area contributed by atoms with E-state index in [4.69, 9.17) is 4.74 Å². The first kappa shape index (κ1) is 11.3. The summed E-state index contributed by atoms with van der Waals surface area (Å²) in [6, 6.07) is 8.53. The Morgan fingerprint density at radius 2 is 1.81 bits per heavy atom. The molecule has 0 saturated heterocycles. The molecule has 0 amide bonds. The summed E-state index contributed by atoms with van der Waals surface area (Å²) in [5.41, 5.74) is 1.44. The molecular formula is C15H20O. The van der Waals surface area contributed by atoms with Crippen molar-refractivity contribution in [3.63, 3.8) is 0 Å². The summed E-state index contributed by atoms with van der Waals surface area (Å²) < 4.78 is 5.20. The molecule has 0 unspecified atom stereocenters. The summed E-state index contributed by atoms with van der Waals surface area (Å²) in [5.74, 6) is 2.96. The van der Waals surface area contributed by atoms with E-state index in [0.717, 1.165) is 11.7 Å². The predicted molar refractivity (Wildman–Crippen MR) is 67.8 cm³/mol. The predicted octanol–water partition coefficient (Wildman–Crippen LogP) is 4.01. The number of rotatable bonds is 2. The van der Waals surface area contributed by atoms with E-state index in [1.54, 1.807) is 7.11 Å². The van der Waals surface area contributed by atoms with E-state index in [9.17, 15) is 0 Å². The zero-order chi connectivity index (χ0) is 11.5. The largest absolute Gasteiger partial charge is 0.497 e. The van der Waals surface area contributed by atoms with Crippen molar-refractivity contribution in [2.75, 3.05) is 7.11 Å². The minimum atomic E-state index is 0.636. The summed E-state index contributed by atoms with van der Waals surface area (Å²) in [5, 5.41) is 0. The van der Waals surface area contributed by atoms with Crippen LogP contribution in [0.15, 0.2) is 36.4 Å². The molecule has 1 nitrogen and oxygen atoms in total. The highest BCUT2D eigenvalue weighted by atomic mass is 16.5.